The molecule has 35 heavy (non-hydrogen) atoms. The van der Waals surface area contributed by atoms with Crippen LogP contribution in [0.15, 0.2) is 90.2 Å². The van der Waals surface area contributed by atoms with E-state index in [9.17, 15) is 4.21 Å². The number of nitrogens with zero attached hydrogens (tertiary/aromatic N) is 3. The highest BCUT2D eigenvalue weighted by molar-refractivity contribution is 7.84. The number of fused-ring (bicyclic) bond motifs is 1. The molecule has 0 bridgehead atoms. The first-order valence-electron chi connectivity index (χ1n) is 11.1. The molecule has 1 atom stereocenters. The van der Waals surface area contributed by atoms with Crippen LogP contribution in [0.5, 0.6) is 5.75 Å². The van der Waals surface area contributed by atoms with E-state index in [1.807, 2.05) is 79.7 Å². The average Bonchev–Trinajstić information content (AvgIpc) is 3.34. The van der Waals surface area contributed by atoms with Crippen molar-refractivity contribution in [2.24, 2.45) is 0 Å². The molecule has 0 radical (unpaired) electrons. The van der Waals surface area contributed by atoms with Crippen LogP contribution in [-0.4, -0.2) is 19.2 Å². The maximum Gasteiger partial charge on any atom is 0.197 e. The highest BCUT2D eigenvalue weighted by atomic mass is 32.2. The zero-order valence-electron chi connectivity index (χ0n) is 19.1. The van der Waals surface area contributed by atoms with Gasteiger partial charge in [-0.2, -0.15) is 5.26 Å². The normalized spacial score (nSPS) is 11.8. The molecule has 2 heterocycles. The van der Waals surface area contributed by atoms with Gasteiger partial charge in [0.25, 0.3) is 0 Å². The van der Waals surface area contributed by atoms with Gasteiger partial charge in [-0.05, 0) is 66.1 Å². The van der Waals surface area contributed by atoms with Gasteiger partial charge in [-0.25, -0.2) is 4.98 Å². The Morgan fingerprint density at radius 2 is 1.83 bits per heavy atom. The molecule has 2 aromatic heterocycles. The number of nitriles is 1. The minimum absolute atomic E-state index is 0.293. The first-order valence-corrected chi connectivity index (χ1v) is 12.4. The Bertz CT molecular complexity index is 1540. The van der Waals surface area contributed by atoms with Crippen molar-refractivity contribution in [3.8, 4) is 22.9 Å². The van der Waals surface area contributed by atoms with Crippen molar-refractivity contribution in [3.05, 3.63) is 107 Å². The number of pyridine rings is 1. The Morgan fingerprint density at radius 1 is 1.00 bits per heavy atom. The van der Waals surface area contributed by atoms with Crippen LogP contribution in [0.2, 0.25) is 0 Å². The maximum atomic E-state index is 12.8. The Kier molecular flexibility index (Phi) is 6.38. The zero-order valence-corrected chi connectivity index (χ0v) is 19.9. The van der Waals surface area contributed by atoms with Crippen LogP contribution >= 0.6 is 0 Å². The molecule has 0 saturated carbocycles. The minimum atomic E-state index is -1.32. The lowest BCUT2D eigenvalue weighted by Gasteiger charge is -2.10. The molecule has 5 rings (SSSR count). The largest absolute Gasteiger partial charge is 0.489 e. The Morgan fingerprint density at radius 3 is 2.60 bits per heavy atom. The summed E-state index contributed by atoms with van der Waals surface area (Å²) in [6.07, 6.45) is 1.76. The summed E-state index contributed by atoms with van der Waals surface area (Å²) in [4.78, 5) is 12.1. The van der Waals surface area contributed by atoms with Gasteiger partial charge < -0.3 is 9.72 Å². The van der Waals surface area contributed by atoms with E-state index >= 15 is 0 Å². The van der Waals surface area contributed by atoms with Crippen LogP contribution in [0, 0.1) is 18.3 Å². The molecule has 7 heteroatoms. The van der Waals surface area contributed by atoms with E-state index in [1.165, 1.54) is 0 Å². The van der Waals surface area contributed by atoms with Crippen molar-refractivity contribution < 1.29 is 8.95 Å². The van der Waals surface area contributed by atoms with E-state index in [0.29, 0.717) is 23.1 Å². The summed E-state index contributed by atoms with van der Waals surface area (Å²) in [7, 11) is -1.32. The number of hydrogen-bond donors (Lipinski definition) is 1. The first-order chi connectivity index (χ1) is 17.1. The number of rotatable bonds is 7. The molecule has 0 saturated heterocycles. The maximum absolute atomic E-state index is 12.8. The molecule has 0 aliphatic carbocycles. The number of para-hydroxylation sites is 2. The van der Waals surface area contributed by atoms with Crippen LogP contribution < -0.4 is 4.74 Å². The van der Waals surface area contributed by atoms with Crippen molar-refractivity contribution in [1.82, 2.24) is 15.0 Å². The number of aromatic amines is 1. The molecule has 5 aromatic rings. The summed E-state index contributed by atoms with van der Waals surface area (Å²) in [6.45, 7) is 2.34. The summed E-state index contributed by atoms with van der Waals surface area (Å²) >= 11 is 0. The highest BCUT2D eigenvalue weighted by Crippen LogP contribution is 2.24. The molecule has 3 aromatic carbocycles. The average molecular weight is 479 g/mol. The predicted molar refractivity (Wildman–Crippen MR) is 136 cm³/mol. The number of benzene rings is 3. The molecule has 0 aliphatic rings. The van der Waals surface area contributed by atoms with Crippen molar-refractivity contribution >= 4 is 21.8 Å². The van der Waals surface area contributed by atoms with Crippen LogP contribution in [0.4, 0.5) is 0 Å². The van der Waals surface area contributed by atoms with Gasteiger partial charge in [0.05, 0.1) is 44.9 Å². The van der Waals surface area contributed by atoms with Gasteiger partial charge in [0.2, 0.25) is 0 Å². The van der Waals surface area contributed by atoms with Crippen LogP contribution in [0.25, 0.3) is 22.2 Å². The van der Waals surface area contributed by atoms with E-state index in [1.54, 1.807) is 12.3 Å². The second kappa shape index (κ2) is 9.92. The van der Waals surface area contributed by atoms with E-state index in [2.05, 4.69) is 21.0 Å². The quantitative estimate of drug-likeness (QED) is 0.324. The second-order valence-electron chi connectivity index (χ2n) is 8.16. The Hall–Kier alpha value is -4.28. The fraction of sp³-hybridized carbons (Fsp3) is 0.107. The van der Waals surface area contributed by atoms with E-state index in [-0.39, 0.29) is 0 Å². The van der Waals surface area contributed by atoms with Crippen molar-refractivity contribution in [2.75, 3.05) is 0 Å². The van der Waals surface area contributed by atoms with Gasteiger partial charge in [0, 0.05) is 11.8 Å². The lowest BCUT2D eigenvalue weighted by atomic mass is 10.0. The lowest BCUT2D eigenvalue weighted by Crippen LogP contribution is -2.04. The highest BCUT2D eigenvalue weighted by Gasteiger charge is 2.13. The zero-order chi connectivity index (χ0) is 24.2. The number of aromatic nitrogens is 3. The first kappa shape index (κ1) is 22.5. The third-order valence-corrected chi connectivity index (χ3v) is 6.84. The molecular formula is C28H22N4O2S. The van der Waals surface area contributed by atoms with Crippen LogP contribution in [0.1, 0.15) is 22.4 Å². The molecular weight excluding hydrogens is 456 g/mol. The van der Waals surface area contributed by atoms with Crippen molar-refractivity contribution in [1.29, 1.82) is 5.26 Å². The molecule has 0 fully saturated rings. The van der Waals surface area contributed by atoms with Crippen molar-refractivity contribution in [2.45, 2.75) is 24.4 Å². The topological polar surface area (TPSA) is 91.7 Å². The van der Waals surface area contributed by atoms with E-state index in [4.69, 9.17) is 10.00 Å². The molecule has 1 N–H and O–H groups in total. The monoisotopic (exact) mass is 478 g/mol. The summed E-state index contributed by atoms with van der Waals surface area (Å²) in [5.41, 5.74) is 7.00. The fourth-order valence-corrected chi connectivity index (χ4v) is 4.91. The number of H-pyrrole nitrogens is 1. The molecule has 0 amide bonds. The standard InChI is InChI=1S/C28H22N4O2S/c1-19-13-21(16-30-27(19)18-35(33)28-31-25-7-2-3-8-26(25)32-28)17-34-24-11-9-22(10-12-24)23-6-4-5-20(14-23)15-29/h2-14,16H,17-18H2,1H3,(H,31,32). The van der Waals surface area contributed by atoms with Crippen LogP contribution in [0.3, 0.4) is 0 Å². The van der Waals surface area contributed by atoms with Crippen molar-refractivity contribution in [3.63, 3.8) is 0 Å². The fourth-order valence-electron chi connectivity index (χ4n) is 3.80. The SMILES string of the molecule is Cc1cc(COc2ccc(-c3cccc(C#N)c3)cc2)cnc1CS(=O)c1nc2ccccc2[nH]1. The number of ether oxygens (including phenoxy) is 1. The molecule has 1 unspecified atom stereocenters. The molecule has 172 valence electrons. The molecule has 6 nitrogen and oxygen atoms in total. The smallest absolute Gasteiger partial charge is 0.197 e. The van der Waals surface area contributed by atoms with Gasteiger partial charge in [-0.3, -0.25) is 9.19 Å². The van der Waals surface area contributed by atoms with E-state index in [0.717, 1.165) is 44.7 Å². The molecule has 0 aliphatic heterocycles. The lowest BCUT2D eigenvalue weighted by molar-refractivity contribution is 0.305. The number of imidazole rings is 1. The van der Waals surface area contributed by atoms with Gasteiger partial charge in [0.1, 0.15) is 12.4 Å². The summed E-state index contributed by atoms with van der Waals surface area (Å²) < 4.78 is 18.8. The van der Waals surface area contributed by atoms with E-state index < -0.39 is 10.8 Å². The third kappa shape index (κ3) is 5.13. The number of nitrogens with one attached hydrogen (secondary N) is 1. The molecule has 0 spiro atoms. The predicted octanol–water partition coefficient (Wildman–Crippen LogP) is 5.69. The van der Waals surface area contributed by atoms with Gasteiger partial charge in [-0.1, -0.05) is 36.4 Å². The summed E-state index contributed by atoms with van der Waals surface area (Å²) in [5, 5.41) is 9.56. The number of aryl methyl sites for hydroxylation is 1. The number of hydrogen-bond acceptors (Lipinski definition) is 5. The van der Waals surface area contributed by atoms with Gasteiger partial charge in [-0.15, -0.1) is 0 Å². The Labute approximate surface area is 205 Å². The summed E-state index contributed by atoms with van der Waals surface area (Å²) in [6, 6.07) is 27.1. The van der Waals surface area contributed by atoms with Gasteiger partial charge >= 0.3 is 0 Å². The van der Waals surface area contributed by atoms with Crippen LogP contribution in [-0.2, 0) is 23.2 Å². The Balaban J connectivity index is 1.22. The second-order valence-corrected chi connectivity index (χ2v) is 9.53. The van der Waals surface area contributed by atoms with Gasteiger partial charge in [0.15, 0.2) is 5.16 Å². The third-order valence-electron chi connectivity index (χ3n) is 5.68. The summed E-state index contributed by atoms with van der Waals surface area (Å²) in [5.74, 6) is 1.04. The minimum Gasteiger partial charge on any atom is -0.489 e.